The predicted molar refractivity (Wildman–Crippen MR) is 185 cm³/mol. The third-order valence-electron chi connectivity index (χ3n) is 8.86. The van der Waals surface area contributed by atoms with Gasteiger partial charge in [-0.3, -0.25) is 14.3 Å². The number of hydrogen-bond donors (Lipinski definition) is 1. The predicted octanol–water partition coefficient (Wildman–Crippen LogP) is 6.52. The number of nitrogens with one attached hydrogen (secondary N) is 1. The Bertz CT molecular complexity index is 2170. The number of benzene rings is 2. The summed E-state index contributed by atoms with van der Waals surface area (Å²) in [7, 11) is 7.25. The molecule has 0 saturated carbocycles. The zero-order chi connectivity index (χ0) is 32.8. The van der Waals surface area contributed by atoms with Crippen LogP contribution in [0.4, 0.5) is 0 Å². The molecule has 0 fully saturated rings. The van der Waals surface area contributed by atoms with Crippen molar-refractivity contribution < 1.29 is 14.3 Å². The summed E-state index contributed by atoms with van der Waals surface area (Å²) in [6.45, 7) is 3.57. The average molecular weight is 670 g/mol. The number of fused-ring (bicyclic) bond motifs is 8. The van der Waals surface area contributed by atoms with Crippen molar-refractivity contribution in [2.24, 2.45) is 21.1 Å². The number of aromatic nitrogens is 6. The molecule has 1 aliphatic rings. The van der Waals surface area contributed by atoms with Gasteiger partial charge in [0.1, 0.15) is 17.0 Å². The van der Waals surface area contributed by atoms with Gasteiger partial charge in [-0.05, 0) is 55.7 Å². The van der Waals surface area contributed by atoms with Crippen molar-refractivity contribution in [1.29, 1.82) is 0 Å². The summed E-state index contributed by atoms with van der Waals surface area (Å²) < 4.78 is 17.5. The Balaban J connectivity index is 1.37. The van der Waals surface area contributed by atoms with Crippen LogP contribution in [-0.2, 0) is 51.1 Å². The van der Waals surface area contributed by atoms with Crippen LogP contribution in [0.5, 0.6) is 5.75 Å². The first-order chi connectivity index (χ1) is 22.7. The Morgan fingerprint density at radius 3 is 2.74 bits per heavy atom. The fourth-order valence-corrected chi connectivity index (χ4v) is 7.93. The van der Waals surface area contributed by atoms with E-state index in [1.165, 1.54) is 7.11 Å². The van der Waals surface area contributed by atoms with Gasteiger partial charge in [-0.1, -0.05) is 23.7 Å². The molecular formula is C35H36ClN7O3S. The maximum Gasteiger partial charge on any atom is 0.354 e. The molecule has 0 spiro atoms. The van der Waals surface area contributed by atoms with E-state index in [1.807, 2.05) is 60.2 Å². The quantitative estimate of drug-likeness (QED) is 0.198. The zero-order valence-electron chi connectivity index (χ0n) is 27.1. The molecule has 8 bridgehead atoms. The molecule has 1 aliphatic heterocycles. The van der Waals surface area contributed by atoms with Crippen LogP contribution < -0.4 is 10.1 Å². The molecule has 0 saturated heterocycles. The number of pyridine rings is 1. The maximum absolute atomic E-state index is 13.3. The van der Waals surface area contributed by atoms with Crippen LogP contribution in [0.15, 0.2) is 53.6 Å². The van der Waals surface area contributed by atoms with Crippen molar-refractivity contribution >= 4 is 51.1 Å². The molecule has 0 amide bonds. The highest BCUT2D eigenvalue weighted by atomic mass is 35.5. The van der Waals surface area contributed by atoms with Crippen LogP contribution in [0.3, 0.4) is 0 Å². The lowest BCUT2D eigenvalue weighted by Gasteiger charge is -2.13. The zero-order valence-corrected chi connectivity index (χ0v) is 28.6. The van der Waals surface area contributed by atoms with E-state index in [2.05, 4.69) is 34.6 Å². The fraction of sp³-hybridized carbons (Fsp3) is 0.314. The maximum atomic E-state index is 13.3. The minimum absolute atomic E-state index is 0.393. The van der Waals surface area contributed by atoms with Gasteiger partial charge < -0.3 is 19.4 Å². The number of carbonyl (C=O) groups is 1. The van der Waals surface area contributed by atoms with Gasteiger partial charge in [-0.15, -0.1) is 11.8 Å². The van der Waals surface area contributed by atoms with E-state index in [-0.39, 0.29) is 0 Å². The van der Waals surface area contributed by atoms with Crippen LogP contribution in [0, 0.1) is 6.92 Å². The van der Waals surface area contributed by atoms with E-state index in [1.54, 1.807) is 18.0 Å². The second-order valence-corrected chi connectivity index (χ2v) is 13.3. The van der Waals surface area contributed by atoms with Crippen LogP contribution in [-0.4, -0.2) is 48.8 Å². The number of esters is 1. The molecule has 242 valence electrons. The van der Waals surface area contributed by atoms with Gasteiger partial charge in [-0.25, -0.2) is 4.79 Å². The minimum Gasteiger partial charge on any atom is -0.491 e. The highest BCUT2D eigenvalue weighted by molar-refractivity contribution is 7.98. The van der Waals surface area contributed by atoms with Crippen molar-refractivity contribution in [3.8, 4) is 16.9 Å². The highest BCUT2D eigenvalue weighted by Crippen LogP contribution is 2.42. The highest BCUT2D eigenvalue weighted by Gasteiger charge is 2.28. The van der Waals surface area contributed by atoms with Gasteiger partial charge in [-0.2, -0.15) is 10.2 Å². The number of hydrogen-bond acceptors (Lipinski definition) is 8. The van der Waals surface area contributed by atoms with Gasteiger partial charge in [0.05, 0.1) is 41.3 Å². The molecule has 47 heavy (non-hydrogen) atoms. The van der Waals surface area contributed by atoms with Gasteiger partial charge in [0.25, 0.3) is 0 Å². The summed E-state index contributed by atoms with van der Waals surface area (Å²) in [5.41, 5.74) is 8.82. The van der Waals surface area contributed by atoms with Crippen LogP contribution >= 0.6 is 23.4 Å². The Morgan fingerprint density at radius 2 is 1.91 bits per heavy atom. The summed E-state index contributed by atoms with van der Waals surface area (Å²) in [6, 6.07) is 14.3. The summed E-state index contributed by atoms with van der Waals surface area (Å²) >= 11 is 8.77. The number of methoxy groups -OCH3 is 1. The van der Waals surface area contributed by atoms with E-state index in [0.717, 1.165) is 77.7 Å². The number of carbonyl (C=O) groups excluding carboxylic acids is 1. The number of thioether (sulfide) groups is 1. The summed E-state index contributed by atoms with van der Waals surface area (Å²) in [6.07, 6.45) is 3.06. The second kappa shape index (κ2) is 12.7. The number of rotatable bonds is 1. The van der Waals surface area contributed by atoms with Gasteiger partial charge >= 0.3 is 5.97 Å². The normalized spacial score (nSPS) is 14.2. The fourth-order valence-electron chi connectivity index (χ4n) is 6.70. The molecular weight excluding hydrogens is 634 g/mol. The molecule has 4 aromatic heterocycles. The van der Waals surface area contributed by atoms with E-state index in [4.69, 9.17) is 31.3 Å². The molecule has 0 unspecified atom stereocenters. The second-order valence-electron chi connectivity index (χ2n) is 11.8. The molecule has 0 aliphatic carbocycles. The Labute approximate surface area is 282 Å². The largest absolute Gasteiger partial charge is 0.491 e. The molecule has 12 heteroatoms. The van der Waals surface area contributed by atoms with Crippen molar-refractivity contribution in [2.75, 3.05) is 13.7 Å². The number of nitrogens with zero attached hydrogens (tertiary/aromatic N) is 6. The van der Waals surface area contributed by atoms with Crippen molar-refractivity contribution in [3.63, 3.8) is 0 Å². The summed E-state index contributed by atoms with van der Waals surface area (Å²) in [5.74, 6) is 1.11. The number of aryl methyl sites for hydroxylation is 5. The third-order valence-corrected chi connectivity index (χ3v) is 10.2. The first-order valence-electron chi connectivity index (χ1n) is 15.5. The van der Waals surface area contributed by atoms with E-state index in [0.29, 0.717) is 43.3 Å². The molecule has 10 nitrogen and oxygen atoms in total. The van der Waals surface area contributed by atoms with Gasteiger partial charge in [0, 0.05) is 78.7 Å². The first-order valence-corrected chi connectivity index (χ1v) is 16.9. The van der Waals surface area contributed by atoms with Crippen molar-refractivity contribution in [3.05, 3.63) is 87.7 Å². The molecule has 7 rings (SSSR count). The molecule has 0 atom stereocenters. The molecule has 2 aromatic carbocycles. The minimum atomic E-state index is -0.393. The Morgan fingerprint density at radius 1 is 1.06 bits per heavy atom. The molecule has 6 aromatic rings. The molecule has 0 radical (unpaired) electrons. The van der Waals surface area contributed by atoms with E-state index in [9.17, 15) is 4.79 Å². The summed E-state index contributed by atoms with van der Waals surface area (Å²) in [4.78, 5) is 19.0. The first kappa shape index (κ1) is 31.3. The van der Waals surface area contributed by atoms with Gasteiger partial charge in [0.2, 0.25) is 0 Å². The monoisotopic (exact) mass is 669 g/mol. The Kier molecular flexibility index (Phi) is 8.46. The Hall–Kier alpha value is -4.32. The lowest BCUT2D eigenvalue weighted by atomic mass is 9.98. The number of ether oxygens (including phenoxy) is 2. The van der Waals surface area contributed by atoms with Crippen molar-refractivity contribution in [2.45, 2.75) is 43.5 Å². The summed E-state index contributed by atoms with van der Waals surface area (Å²) in [5, 5.41) is 15.7. The van der Waals surface area contributed by atoms with Gasteiger partial charge in [0.15, 0.2) is 0 Å². The SMILES string of the molecule is COC(=O)c1c2c3ccc(Cl)c(c3n1C)-c1c(C)nn(C)c1CNCc1cc(n(C)n1)CSc1cc(c3ncccc3c1)OCCC2. The van der Waals surface area contributed by atoms with Crippen LogP contribution in [0.2, 0.25) is 5.02 Å². The standard InChI is InChI=1S/C35H36ClN7O3S/c1-20-30-28(43(4)39-20)18-37-17-22-15-23(42(3)40-22)19-47-24-14-21-8-6-12-38-32(21)29(16-24)46-13-7-9-25-26-10-11-27(36)31(30)33(26)41(2)34(25)35(44)45-5/h6,8,10-12,14-16,37H,7,9,13,17-19H2,1-5H3. The lowest BCUT2D eigenvalue weighted by Crippen LogP contribution is -2.16. The van der Waals surface area contributed by atoms with Crippen LogP contribution in [0.25, 0.3) is 32.9 Å². The van der Waals surface area contributed by atoms with E-state index < -0.39 is 5.97 Å². The molecule has 1 N–H and O–H groups in total. The third kappa shape index (κ3) is 5.66. The van der Waals surface area contributed by atoms with Crippen molar-refractivity contribution in [1.82, 2.24) is 34.4 Å². The van der Waals surface area contributed by atoms with E-state index >= 15 is 0 Å². The molecule has 5 heterocycles. The topological polar surface area (TPSA) is 101 Å². The average Bonchev–Trinajstić information content (AvgIpc) is 3.66. The van der Waals surface area contributed by atoms with Crippen LogP contribution in [0.1, 0.15) is 45.2 Å². The smallest absolute Gasteiger partial charge is 0.354 e. The lowest BCUT2D eigenvalue weighted by molar-refractivity contribution is 0.0589. The number of halogens is 1.